The smallest absolute Gasteiger partial charge is 0.292 e. The third-order valence-electron chi connectivity index (χ3n) is 4.56. The molecule has 1 fully saturated rings. The molecule has 1 atom stereocenters. The molecular formula is C20H17Cl2N3O2. The van der Waals surface area contributed by atoms with Gasteiger partial charge >= 0.3 is 0 Å². The Morgan fingerprint density at radius 2 is 1.78 bits per heavy atom. The zero-order chi connectivity index (χ0) is 18.8. The van der Waals surface area contributed by atoms with Crippen LogP contribution >= 0.6 is 23.2 Å². The largest absolute Gasteiger partial charge is 0.370 e. The number of morpholine rings is 1. The van der Waals surface area contributed by atoms with Crippen molar-refractivity contribution >= 4 is 28.9 Å². The summed E-state index contributed by atoms with van der Waals surface area (Å²) in [6.45, 7) is 1.67. The first kappa shape index (κ1) is 18.0. The molecule has 5 nitrogen and oxygen atoms in total. The fourth-order valence-electron chi connectivity index (χ4n) is 3.19. The second-order valence-corrected chi connectivity index (χ2v) is 7.01. The predicted octanol–water partition coefficient (Wildman–Crippen LogP) is 4.12. The highest BCUT2D eigenvalue weighted by molar-refractivity contribution is 6.33. The van der Waals surface area contributed by atoms with Gasteiger partial charge in [-0.25, -0.2) is 0 Å². The lowest BCUT2D eigenvalue weighted by atomic mass is 10.1. The van der Waals surface area contributed by atoms with Gasteiger partial charge in [0.2, 0.25) is 0 Å². The summed E-state index contributed by atoms with van der Waals surface area (Å²) in [5, 5.41) is 5.12. The molecule has 0 bridgehead atoms. The lowest BCUT2D eigenvalue weighted by Gasteiger charge is -2.35. The molecule has 1 aliphatic heterocycles. The van der Waals surface area contributed by atoms with Crippen LogP contribution in [-0.4, -0.2) is 29.5 Å². The molecule has 1 saturated heterocycles. The Bertz CT molecular complexity index is 1010. The van der Waals surface area contributed by atoms with E-state index in [-0.39, 0.29) is 16.7 Å². The van der Waals surface area contributed by atoms with Gasteiger partial charge in [-0.3, -0.25) is 4.79 Å². The van der Waals surface area contributed by atoms with Gasteiger partial charge in [0.15, 0.2) is 0 Å². The van der Waals surface area contributed by atoms with Crippen LogP contribution in [0.3, 0.4) is 0 Å². The fourth-order valence-corrected chi connectivity index (χ4v) is 3.70. The summed E-state index contributed by atoms with van der Waals surface area (Å²) in [4.78, 5) is 14.7. The molecule has 27 heavy (non-hydrogen) atoms. The number of hydrogen-bond donors (Lipinski definition) is 0. The van der Waals surface area contributed by atoms with Crippen LogP contribution in [0.4, 0.5) is 5.69 Å². The second kappa shape index (κ2) is 7.72. The molecule has 1 unspecified atom stereocenters. The van der Waals surface area contributed by atoms with Gasteiger partial charge in [-0.15, -0.1) is 0 Å². The molecule has 3 aromatic rings. The summed E-state index contributed by atoms with van der Waals surface area (Å²) >= 11 is 12.7. The van der Waals surface area contributed by atoms with E-state index in [1.54, 1.807) is 6.20 Å². The van der Waals surface area contributed by atoms with Gasteiger partial charge in [0, 0.05) is 23.7 Å². The summed E-state index contributed by atoms with van der Waals surface area (Å²) in [6.07, 6.45) is 1.44. The number of nitrogens with zero attached hydrogens (tertiary/aromatic N) is 3. The van der Waals surface area contributed by atoms with Crippen molar-refractivity contribution < 1.29 is 4.74 Å². The minimum atomic E-state index is -0.346. The van der Waals surface area contributed by atoms with Gasteiger partial charge in [0.1, 0.15) is 11.1 Å². The van der Waals surface area contributed by atoms with Gasteiger partial charge < -0.3 is 9.64 Å². The van der Waals surface area contributed by atoms with Crippen molar-refractivity contribution in [2.75, 3.05) is 24.6 Å². The number of para-hydroxylation sites is 1. The Morgan fingerprint density at radius 1 is 1.04 bits per heavy atom. The van der Waals surface area contributed by atoms with Crippen molar-refractivity contribution in [3.63, 3.8) is 0 Å². The van der Waals surface area contributed by atoms with Gasteiger partial charge in [-0.1, -0.05) is 59.6 Å². The van der Waals surface area contributed by atoms with E-state index in [2.05, 4.69) is 5.10 Å². The third-order valence-corrected chi connectivity index (χ3v) is 5.26. The van der Waals surface area contributed by atoms with Gasteiger partial charge in [0.25, 0.3) is 5.56 Å². The second-order valence-electron chi connectivity index (χ2n) is 6.22. The molecule has 0 saturated carbocycles. The Labute approximate surface area is 166 Å². The van der Waals surface area contributed by atoms with E-state index in [9.17, 15) is 4.79 Å². The molecule has 0 N–H and O–H groups in total. The summed E-state index contributed by atoms with van der Waals surface area (Å²) in [7, 11) is 0. The van der Waals surface area contributed by atoms with Gasteiger partial charge in [-0.2, -0.15) is 9.78 Å². The molecule has 4 rings (SSSR count). The van der Waals surface area contributed by atoms with Gasteiger partial charge in [-0.05, 0) is 18.2 Å². The molecule has 0 amide bonds. The molecule has 2 heterocycles. The molecule has 1 aliphatic rings. The standard InChI is InChI=1S/C20H17Cl2N3O2/c21-16-9-5-4-8-15(16)18-13-24(10-11-27-18)17-12-23-25(20(26)19(17)22)14-6-2-1-3-7-14/h1-9,12,18H,10-11,13H2. The van der Waals surface area contributed by atoms with E-state index >= 15 is 0 Å². The zero-order valence-corrected chi connectivity index (χ0v) is 15.9. The average molecular weight is 402 g/mol. The molecule has 0 spiro atoms. The Morgan fingerprint density at radius 3 is 2.56 bits per heavy atom. The number of anilines is 1. The average Bonchev–Trinajstić information content (AvgIpc) is 2.71. The van der Waals surface area contributed by atoms with Crippen LogP contribution < -0.4 is 10.5 Å². The van der Waals surface area contributed by atoms with Crippen LogP contribution in [0.15, 0.2) is 65.6 Å². The SMILES string of the molecule is O=c1c(Cl)c(N2CCOC(c3ccccc3Cl)C2)cnn1-c1ccccc1. The minimum Gasteiger partial charge on any atom is -0.370 e. The predicted molar refractivity (Wildman–Crippen MR) is 107 cm³/mol. The minimum absolute atomic E-state index is 0.147. The highest BCUT2D eigenvalue weighted by Crippen LogP contribution is 2.31. The maximum atomic E-state index is 12.7. The van der Waals surface area contributed by atoms with E-state index in [0.29, 0.717) is 36.1 Å². The van der Waals surface area contributed by atoms with Crippen molar-refractivity contribution in [3.8, 4) is 5.69 Å². The molecule has 2 aromatic carbocycles. The number of halogens is 2. The fraction of sp³-hybridized carbons (Fsp3) is 0.200. The Balaban J connectivity index is 1.65. The van der Waals surface area contributed by atoms with Crippen molar-refractivity contribution in [1.29, 1.82) is 0 Å². The van der Waals surface area contributed by atoms with Crippen LogP contribution in [0.25, 0.3) is 5.69 Å². The summed E-state index contributed by atoms with van der Waals surface area (Å²) in [5.41, 5.74) is 1.85. The van der Waals surface area contributed by atoms with E-state index < -0.39 is 0 Å². The maximum Gasteiger partial charge on any atom is 0.292 e. The number of hydrogen-bond acceptors (Lipinski definition) is 4. The number of ether oxygens (including phenoxy) is 1. The summed E-state index contributed by atoms with van der Waals surface area (Å²) < 4.78 is 7.19. The van der Waals surface area contributed by atoms with Crippen LogP contribution in [0.5, 0.6) is 0 Å². The molecule has 138 valence electrons. The first-order valence-corrected chi connectivity index (χ1v) is 9.35. The van der Waals surface area contributed by atoms with Crippen molar-refractivity contribution in [2.45, 2.75) is 6.10 Å². The van der Waals surface area contributed by atoms with Crippen LogP contribution in [-0.2, 0) is 4.74 Å². The maximum absolute atomic E-state index is 12.7. The van der Waals surface area contributed by atoms with E-state index in [1.165, 1.54) is 4.68 Å². The van der Waals surface area contributed by atoms with Gasteiger partial charge in [0.05, 0.1) is 24.2 Å². The molecule has 0 aliphatic carbocycles. The first-order chi connectivity index (χ1) is 13.1. The van der Waals surface area contributed by atoms with Crippen molar-refractivity contribution in [3.05, 3.63) is 86.8 Å². The molecule has 7 heteroatoms. The van der Waals surface area contributed by atoms with Crippen LogP contribution in [0.2, 0.25) is 10.0 Å². The number of benzene rings is 2. The molecule has 0 radical (unpaired) electrons. The Hall–Kier alpha value is -2.34. The topological polar surface area (TPSA) is 47.4 Å². The van der Waals surface area contributed by atoms with Crippen molar-refractivity contribution in [2.24, 2.45) is 0 Å². The summed E-state index contributed by atoms with van der Waals surface area (Å²) in [5.74, 6) is 0. The normalized spacial score (nSPS) is 17.1. The van der Waals surface area contributed by atoms with E-state index in [4.69, 9.17) is 27.9 Å². The van der Waals surface area contributed by atoms with Crippen LogP contribution in [0.1, 0.15) is 11.7 Å². The lowest BCUT2D eigenvalue weighted by Crippen LogP contribution is -2.39. The third kappa shape index (κ3) is 3.58. The van der Waals surface area contributed by atoms with E-state index in [1.807, 2.05) is 59.5 Å². The summed E-state index contributed by atoms with van der Waals surface area (Å²) in [6, 6.07) is 16.8. The Kier molecular flexibility index (Phi) is 5.16. The quantitative estimate of drug-likeness (QED) is 0.662. The first-order valence-electron chi connectivity index (χ1n) is 8.59. The zero-order valence-electron chi connectivity index (χ0n) is 14.4. The highest BCUT2D eigenvalue weighted by Gasteiger charge is 2.26. The molecule has 1 aromatic heterocycles. The van der Waals surface area contributed by atoms with E-state index in [0.717, 1.165) is 5.56 Å². The van der Waals surface area contributed by atoms with Crippen LogP contribution in [0, 0.1) is 0 Å². The number of aromatic nitrogens is 2. The highest BCUT2D eigenvalue weighted by atomic mass is 35.5. The molecular weight excluding hydrogens is 385 g/mol. The van der Waals surface area contributed by atoms with Crippen molar-refractivity contribution in [1.82, 2.24) is 9.78 Å². The number of rotatable bonds is 3. The lowest BCUT2D eigenvalue weighted by molar-refractivity contribution is 0.0398. The monoisotopic (exact) mass is 401 g/mol.